The van der Waals surface area contributed by atoms with Crippen LogP contribution in [-0.2, 0) is 19.2 Å². The van der Waals surface area contributed by atoms with E-state index in [0.717, 1.165) is 11.4 Å². The molecule has 24 heteroatoms. The molecule has 0 aromatic heterocycles. The standard InChI is InChI=1S/2C14H15N7.2C4H7NO3.2H2O/c2*15-13(16)9-1-5-11(6-2-9)19-21-20-12-7-3-10(4-8-12)14(17)18;2*1-3(6)5-2-4(7)8;;/h2*1-8H,(H3,15,16)(H3,17,18)(H,19,20);2*2H2,1H3,(H,5,6)(H,7,8);2*1H2. The van der Waals surface area contributed by atoms with E-state index in [2.05, 4.69) is 42.2 Å². The average Bonchev–Trinajstić information content (AvgIpc) is 3.18. The number of carboxylic acids is 2. The Morgan fingerprint density at radius 3 is 0.900 bits per heavy atom. The van der Waals surface area contributed by atoms with Crippen molar-refractivity contribution in [2.75, 3.05) is 23.9 Å². The summed E-state index contributed by atoms with van der Waals surface area (Å²) >= 11 is 0. The lowest BCUT2D eigenvalue weighted by Crippen LogP contribution is -2.26. The molecule has 4 aromatic carbocycles. The van der Waals surface area contributed by atoms with E-state index in [9.17, 15) is 19.2 Å². The first-order chi connectivity index (χ1) is 27.4. The minimum atomic E-state index is -1.03. The molecule has 0 spiro atoms. The van der Waals surface area contributed by atoms with Gasteiger partial charge in [0.1, 0.15) is 36.4 Å². The summed E-state index contributed by atoms with van der Waals surface area (Å²) in [7, 11) is 0. The summed E-state index contributed by atoms with van der Waals surface area (Å²) in [5, 5.41) is 65.0. The molecule has 0 aliphatic heterocycles. The maximum atomic E-state index is 9.97. The van der Waals surface area contributed by atoms with E-state index < -0.39 is 11.9 Å². The SMILES string of the molecule is CC(=O)NCC(=O)O.CC(=O)NCC(=O)O.N=C(N)c1ccc(N=NNc2ccc(C(=N)N)cc2)cc1.N=C(N)c1ccc(N=NNc2ccc(C(=N)N)cc2)cc1.O.O. The molecule has 0 bridgehead atoms. The molecule has 0 aliphatic rings. The maximum Gasteiger partial charge on any atom is 0.322 e. The van der Waals surface area contributed by atoms with Gasteiger partial charge in [0.05, 0.1) is 22.7 Å². The lowest BCUT2D eigenvalue weighted by molar-refractivity contribution is -0.138. The predicted octanol–water partition coefficient (Wildman–Crippen LogP) is 1.50. The van der Waals surface area contributed by atoms with Crippen molar-refractivity contribution >= 4 is 69.8 Å². The third-order valence-electron chi connectivity index (χ3n) is 6.41. The lowest BCUT2D eigenvalue weighted by atomic mass is 10.2. The maximum absolute atomic E-state index is 9.97. The number of anilines is 2. The zero-order valence-corrected chi connectivity index (χ0v) is 32.3. The zero-order valence-electron chi connectivity index (χ0n) is 32.3. The van der Waals surface area contributed by atoms with Gasteiger partial charge in [0, 0.05) is 36.1 Å². The van der Waals surface area contributed by atoms with Gasteiger partial charge >= 0.3 is 11.9 Å². The van der Waals surface area contributed by atoms with Crippen molar-refractivity contribution < 1.29 is 40.3 Å². The predicted molar refractivity (Wildman–Crippen MR) is 226 cm³/mol. The van der Waals surface area contributed by atoms with Gasteiger partial charge < -0.3 is 54.7 Å². The number of carbonyl (C=O) groups excluding carboxylic acids is 2. The Balaban J connectivity index is 0. The highest BCUT2D eigenvalue weighted by Crippen LogP contribution is 2.16. The van der Waals surface area contributed by atoms with Crippen molar-refractivity contribution in [3.8, 4) is 0 Å². The fourth-order valence-corrected chi connectivity index (χ4v) is 3.55. The minimum Gasteiger partial charge on any atom is -0.480 e. The normalized spacial score (nSPS) is 9.50. The topological polar surface area (TPSA) is 469 Å². The van der Waals surface area contributed by atoms with E-state index in [0.29, 0.717) is 33.6 Å². The van der Waals surface area contributed by atoms with Gasteiger partial charge in [-0.1, -0.05) is 10.4 Å². The fourth-order valence-electron chi connectivity index (χ4n) is 3.55. The monoisotopic (exact) mass is 832 g/mol. The van der Waals surface area contributed by atoms with Crippen LogP contribution in [-0.4, -0.2) is 81.4 Å². The molecule has 0 unspecified atom stereocenters. The van der Waals surface area contributed by atoms with E-state index in [1.54, 1.807) is 97.1 Å². The van der Waals surface area contributed by atoms with Crippen molar-refractivity contribution in [1.29, 1.82) is 21.6 Å². The number of aliphatic carboxylic acids is 2. The first-order valence-corrected chi connectivity index (χ1v) is 16.4. The van der Waals surface area contributed by atoms with E-state index in [1.165, 1.54) is 13.8 Å². The number of amides is 2. The molecule has 4 aromatic rings. The van der Waals surface area contributed by atoms with Crippen LogP contribution in [0.3, 0.4) is 0 Å². The Bertz CT molecular complexity index is 1910. The van der Waals surface area contributed by atoms with Crippen molar-refractivity contribution in [1.82, 2.24) is 10.6 Å². The summed E-state index contributed by atoms with van der Waals surface area (Å²) in [5.41, 5.74) is 32.4. The Morgan fingerprint density at radius 1 is 0.483 bits per heavy atom. The van der Waals surface area contributed by atoms with Crippen LogP contribution in [0.4, 0.5) is 22.7 Å². The van der Waals surface area contributed by atoms with Gasteiger partial charge in [-0.3, -0.25) is 51.7 Å². The molecule has 0 fully saturated rings. The molecule has 2 amide bonds. The van der Waals surface area contributed by atoms with Crippen LogP contribution in [0.1, 0.15) is 36.1 Å². The van der Waals surface area contributed by atoms with Gasteiger partial charge in [0.25, 0.3) is 0 Å². The van der Waals surface area contributed by atoms with Crippen molar-refractivity contribution in [2.24, 2.45) is 43.6 Å². The van der Waals surface area contributed by atoms with Crippen molar-refractivity contribution in [3.05, 3.63) is 119 Å². The summed E-state index contributed by atoms with van der Waals surface area (Å²) in [6.45, 7) is 1.94. The first kappa shape index (κ1) is 53.5. The van der Waals surface area contributed by atoms with Crippen LogP contribution in [0.5, 0.6) is 0 Å². The van der Waals surface area contributed by atoms with Crippen LogP contribution >= 0.6 is 0 Å². The molecular weight excluding hydrogens is 784 g/mol. The zero-order chi connectivity index (χ0) is 43.6. The number of hydrogen-bond acceptors (Lipinski definition) is 12. The number of nitrogens with zero attached hydrogens (tertiary/aromatic N) is 4. The number of nitrogen functional groups attached to an aromatic ring is 4. The molecule has 0 aliphatic carbocycles. The highest BCUT2D eigenvalue weighted by molar-refractivity contribution is 5.96. The summed E-state index contributed by atoms with van der Waals surface area (Å²) < 4.78 is 0. The van der Waals surface area contributed by atoms with Gasteiger partial charge in [0.2, 0.25) is 11.8 Å². The number of rotatable bonds is 14. The van der Waals surface area contributed by atoms with Crippen molar-refractivity contribution in [3.63, 3.8) is 0 Å². The summed E-state index contributed by atoms with van der Waals surface area (Å²) in [6, 6.07) is 27.6. The molecule has 0 saturated heterocycles. The van der Waals surface area contributed by atoms with Gasteiger partial charge in [-0.15, -0.1) is 10.2 Å². The lowest BCUT2D eigenvalue weighted by Gasteiger charge is -2.01. The summed E-state index contributed by atoms with van der Waals surface area (Å²) in [6.07, 6.45) is 0. The Labute approximate surface area is 342 Å². The smallest absolute Gasteiger partial charge is 0.322 e. The number of benzene rings is 4. The highest BCUT2D eigenvalue weighted by atomic mass is 16.4. The first-order valence-electron chi connectivity index (χ1n) is 16.4. The highest BCUT2D eigenvalue weighted by Gasteiger charge is 2.00. The molecule has 24 nitrogen and oxygen atoms in total. The molecule has 22 N–H and O–H groups in total. The number of hydrogen-bond donors (Lipinski definition) is 14. The number of amidine groups is 4. The Morgan fingerprint density at radius 2 is 0.717 bits per heavy atom. The van der Waals surface area contributed by atoms with Gasteiger partial charge in [0.15, 0.2) is 0 Å². The summed E-state index contributed by atoms with van der Waals surface area (Å²) in [4.78, 5) is 39.3. The van der Waals surface area contributed by atoms with Gasteiger partial charge in [-0.25, -0.2) is 0 Å². The van der Waals surface area contributed by atoms with Crippen LogP contribution in [0.25, 0.3) is 0 Å². The second kappa shape index (κ2) is 28.7. The number of carbonyl (C=O) groups is 4. The molecule has 320 valence electrons. The van der Waals surface area contributed by atoms with Crippen LogP contribution < -0.4 is 44.4 Å². The van der Waals surface area contributed by atoms with Crippen LogP contribution in [0, 0.1) is 21.6 Å². The van der Waals surface area contributed by atoms with E-state index in [1.807, 2.05) is 0 Å². The van der Waals surface area contributed by atoms with Crippen LogP contribution in [0.15, 0.2) is 118 Å². The van der Waals surface area contributed by atoms with Gasteiger partial charge in [-0.2, -0.15) is 0 Å². The molecule has 0 heterocycles. The van der Waals surface area contributed by atoms with E-state index >= 15 is 0 Å². The van der Waals surface area contributed by atoms with Gasteiger partial charge in [-0.05, 0) is 97.1 Å². The fraction of sp³-hybridized carbons (Fsp3) is 0.111. The third kappa shape index (κ3) is 24.0. The molecule has 60 heavy (non-hydrogen) atoms. The minimum absolute atomic E-state index is 0. The Hall–Kier alpha value is -8.64. The third-order valence-corrected chi connectivity index (χ3v) is 6.41. The van der Waals surface area contributed by atoms with E-state index in [-0.39, 0.29) is 59.2 Å². The number of nitrogens with one attached hydrogen (secondary N) is 8. The molecule has 0 saturated carbocycles. The summed E-state index contributed by atoms with van der Waals surface area (Å²) in [5.74, 6) is -2.63. The van der Waals surface area contributed by atoms with Crippen molar-refractivity contribution in [2.45, 2.75) is 13.8 Å². The second-order valence-electron chi connectivity index (χ2n) is 11.1. The molecule has 4 rings (SSSR count). The van der Waals surface area contributed by atoms with Crippen LogP contribution in [0.2, 0.25) is 0 Å². The quantitative estimate of drug-likeness (QED) is 0.0372. The average molecular weight is 833 g/mol. The Kier molecular flexibility index (Phi) is 25.6. The molecule has 0 atom stereocenters. The molecular formula is C36H48N16O8. The number of nitrogens with two attached hydrogens (primary N) is 4. The number of carboxylic acid groups (broad SMARTS) is 2. The largest absolute Gasteiger partial charge is 0.480 e. The van der Waals surface area contributed by atoms with E-state index in [4.69, 9.17) is 54.8 Å². The second-order valence-corrected chi connectivity index (χ2v) is 11.1. The molecule has 0 radical (unpaired) electrons.